The van der Waals surface area contributed by atoms with Gasteiger partial charge in [-0.3, -0.25) is 14.7 Å². The zero-order valence-corrected chi connectivity index (χ0v) is 16.0. The molecule has 1 atom stereocenters. The van der Waals surface area contributed by atoms with E-state index in [0.717, 1.165) is 56.8 Å². The largest absolute Gasteiger partial charge is 0.379 e. The number of amides is 1. The van der Waals surface area contributed by atoms with E-state index in [0.29, 0.717) is 6.61 Å². The lowest BCUT2D eigenvalue weighted by molar-refractivity contribution is 0.0928. The predicted molar refractivity (Wildman–Crippen MR) is 102 cm³/mol. The van der Waals surface area contributed by atoms with E-state index in [1.54, 1.807) is 11.3 Å². The Kier molecular flexibility index (Phi) is 5.33. The SMILES string of the molecule is CCc1ccc(CN2CCc3c(C(=O)NC4CCOC4)csc3C2)nc1. The van der Waals surface area contributed by atoms with E-state index >= 15 is 0 Å². The van der Waals surface area contributed by atoms with Crippen molar-refractivity contribution in [2.45, 2.75) is 45.3 Å². The van der Waals surface area contributed by atoms with Crippen LogP contribution in [0.3, 0.4) is 0 Å². The van der Waals surface area contributed by atoms with Gasteiger partial charge in [-0.2, -0.15) is 0 Å². The number of fused-ring (bicyclic) bond motifs is 1. The maximum Gasteiger partial charge on any atom is 0.252 e. The molecule has 2 aliphatic rings. The molecule has 0 aromatic carbocycles. The molecule has 2 aromatic rings. The molecule has 26 heavy (non-hydrogen) atoms. The molecule has 2 aromatic heterocycles. The minimum Gasteiger partial charge on any atom is -0.379 e. The van der Waals surface area contributed by atoms with Crippen molar-refractivity contribution in [1.82, 2.24) is 15.2 Å². The van der Waals surface area contributed by atoms with Crippen LogP contribution in [0.15, 0.2) is 23.7 Å². The predicted octanol–water partition coefficient (Wildman–Crippen LogP) is 2.78. The normalized spacial score (nSPS) is 20.1. The Morgan fingerprint density at radius 3 is 3.12 bits per heavy atom. The summed E-state index contributed by atoms with van der Waals surface area (Å²) >= 11 is 1.70. The van der Waals surface area contributed by atoms with E-state index < -0.39 is 0 Å². The molecule has 138 valence electrons. The van der Waals surface area contributed by atoms with Gasteiger partial charge in [0.25, 0.3) is 5.91 Å². The molecule has 0 radical (unpaired) electrons. The summed E-state index contributed by atoms with van der Waals surface area (Å²) in [5.74, 6) is 0.0586. The Balaban J connectivity index is 1.39. The third-order valence-corrected chi connectivity index (χ3v) is 6.23. The molecule has 0 bridgehead atoms. The maximum atomic E-state index is 12.6. The molecule has 1 fully saturated rings. The van der Waals surface area contributed by atoms with Gasteiger partial charge >= 0.3 is 0 Å². The standard InChI is InChI=1S/C20H25N3O2S/c1-2-14-3-4-15(21-9-14)10-23-7-5-17-18(13-26-19(17)11-23)20(24)22-16-6-8-25-12-16/h3-4,9,13,16H,2,5-8,10-12H2,1H3,(H,22,24). The highest BCUT2D eigenvalue weighted by molar-refractivity contribution is 7.10. The van der Waals surface area contributed by atoms with Gasteiger partial charge in [0.1, 0.15) is 0 Å². The van der Waals surface area contributed by atoms with Crippen LogP contribution < -0.4 is 5.32 Å². The van der Waals surface area contributed by atoms with Crippen LogP contribution in [-0.2, 0) is 30.7 Å². The second-order valence-electron chi connectivity index (χ2n) is 7.06. The van der Waals surface area contributed by atoms with Crippen LogP contribution in [0.25, 0.3) is 0 Å². The van der Waals surface area contributed by atoms with Crippen molar-refractivity contribution in [3.63, 3.8) is 0 Å². The van der Waals surface area contributed by atoms with E-state index in [2.05, 4.69) is 34.3 Å². The lowest BCUT2D eigenvalue weighted by atomic mass is 10.0. The summed E-state index contributed by atoms with van der Waals surface area (Å²) < 4.78 is 5.35. The van der Waals surface area contributed by atoms with Gasteiger partial charge in [-0.05, 0) is 36.5 Å². The highest BCUT2D eigenvalue weighted by atomic mass is 32.1. The summed E-state index contributed by atoms with van der Waals surface area (Å²) in [5.41, 5.74) is 4.48. The number of hydrogen-bond acceptors (Lipinski definition) is 5. The van der Waals surface area contributed by atoms with Gasteiger partial charge in [0.2, 0.25) is 0 Å². The number of aryl methyl sites for hydroxylation is 1. The number of nitrogens with zero attached hydrogens (tertiary/aromatic N) is 2. The zero-order chi connectivity index (χ0) is 17.9. The fourth-order valence-corrected chi connectivity index (χ4v) is 4.73. The molecule has 1 unspecified atom stereocenters. The Labute approximate surface area is 158 Å². The number of hydrogen-bond donors (Lipinski definition) is 1. The number of carbonyl (C=O) groups is 1. The molecule has 5 nitrogen and oxygen atoms in total. The van der Waals surface area contributed by atoms with Gasteiger partial charge in [0.15, 0.2) is 0 Å². The molecule has 1 N–H and O–H groups in total. The van der Waals surface area contributed by atoms with Crippen molar-refractivity contribution in [2.24, 2.45) is 0 Å². The summed E-state index contributed by atoms with van der Waals surface area (Å²) in [6.45, 7) is 6.25. The monoisotopic (exact) mass is 371 g/mol. The third-order valence-electron chi connectivity index (χ3n) is 5.22. The summed E-state index contributed by atoms with van der Waals surface area (Å²) in [7, 11) is 0. The Morgan fingerprint density at radius 2 is 2.38 bits per heavy atom. The van der Waals surface area contributed by atoms with Gasteiger partial charge in [-0.25, -0.2) is 0 Å². The van der Waals surface area contributed by atoms with E-state index in [9.17, 15) is 4.79 Å². The van der Waals surface area contributed by atoms with E-state index in [-0.39, 0.29) is 11.9 Å². The number of aromatic nitrogens is 1. The van der Waals surface area contributed by atoms with E-state index in [4.69, 9.17) is 4.74 Å². The van der Waals surface area contributed by atoms with Crippen LogP contribution >= 0.6 is 11.3 Å². The van der Waals surface area contributed by atoms with Crippen LogP contribution in [0.5, 0.6) is 0 Å². The lowest BCUT2D eigenvalue weighted by Crippen LogP contribution is -2.36. The van der Waals surface area contributed by atoms with Crippen molar-refractivity contribution in [1.29, 1.82) is 0 Å². The minimum atomic E-state index is 0.0586. The van der Waals surface area contributed by atoms with Crippen molar-refractivity contribution < 1.29 is 9.53 Å². The zero-order valence-electron chi connectivity index (χ0n) is 15.2. The molecule has 1 amide bonds. The minimum absolute atomic E-state index is 0.0586. The van der Waals surface area contributed by atoms with Crippen LogP contribution in [-0.4, -0.2) is 41.6 Å². The number of pyridine rings is 1. The summed E-state index contributed by atoms with van der Waals surface area (Å²) in [5, 5.41) is 5.13. The van der Waals surface area contributed by atoms with Crippen LogP contribution in [0.1, 0.15) is 45.4 Å². The number of carbonyl (C=O) groups excluding carboxylic acids is 1. The molecule has 2 aliphatic heterocycles. The van der Waals surface area contributed by atoms with Crippen LogP contribution in [0, 0.1) is 0 Å². The smallest absolute Gasteiger partial charge is 0.252 e. The molecular weight excluding hydrogens is 346 g/mol. The molecule has 0 saturated carbocycles. The molecular formula is C20H25N3O2S. The van der Waals surface area contributed by atoms with Gasteiger partial charge in [-0.15, -0.1) is 11.3 Å². The first kappa shape index (κ1) is 17.6. The van der Waals surface area contributed by atoms with Gasteiger partial charge in [-0.1, -0.05) is 13.0 Å². The Hall–Kier alpha value is -1.76. The Bertz CT molecular complexity index is 766. The highest BCUT2D eigenvalue weighted by Crippen LogP contribution is 2.29. The number of nitrogens with one attached hydrogen (secondary N) is 1. The molecule has 4 heterocycles. The van der Waals surface area contributed by atoms with E-state index in [1.807, 2.05) is 11.6 Å². The average Bonchev–Trinajstić information content (AvgIpc) is 3.31. The first-order valence-corrected chi connectivity index (χ1v) is 10.2. The number of rotatable bonds is 5. The lowest BCUT2D eigenvalue weighted by Gasteiger charge is -2.27. The third kappa shape index (κ3) is 3.82. The summed E-state index contributed by atoms with van der Waals surface area (Å²) in [6, 6.07) is 4.46. The summed E-state index contributed by atoms with van der Waals surface area (Å²) in [6.07, 6.45) is 4.84. The first-order chi connectivity index (χ1) is 12.7. The van der Waals surface area contributed by atoms with Crippen LogP contribution in [0.2, 0.25) is 0 Å². The fourth-order valence-electron chi connectivity index (χ4n) is 3.61. The Morgan fingerprint density at radius 1 is 1.46 bits per heavy atom. The van der Waals surface area contributed by atoms with E-state index in [1.165, 1.54) is 16.0 Å². The van der Waals surface area contributed by atoms with Gasteiger partial charge < -0.3 is 10.1 Å². The molecule has 6 heteroatoms. The fraction of sp³-hybridized carbons (Fsp3) is 0.500. The summed E-state index contributed by atoms with van der Waals surface area (Å²) in [4.78, 5) is 20.9. The van der Waals surface area contributed by atoms with Crippen molar-refractivity contribution in [3.05, 3.63) is 51.0 Å². The van der Waals surface area contributed by atoms with Crippen molar-refractivity contribution in [2.75, 3.05) is 19.8 Å². The average molecular weight is 372 g/mol. The second-order valence-corrected chi connectivity index (χ2v) is 8.02. The molecule has 0 aliphatic carbocycles. The highest BCUT2D eigenvalue weighted by Gasteiger charge is 2.26. The first-order valence-electron chi connectivity index (χ1n) is 9.37. The molecule has 4 rings (SSSR count). The van der Waals surface area contributed by atoms with Crippen molar-refractivity contribution in [3.8, 4) is 0 Å². The quantitative estimate of drug-likeness (QED) is 0.878. The molecule has 1 saturated heterocycles. The van der Waals surface area contributed by atoms with Gasteiger partial charge in [0.05, 0.1) is 23.9 Å². The van der Waals surface area contributed by atoms with Crippen LogP contribution in [0.4, 0.5) is 0 Å². The van der Waals surface area contributed by atoms with Crippen molar-refractivity contribution >= 4 is 17.2 Å². The maximum absolute atomic E-state index is 12.6. The second kappa shape index (κ2) is 7.86. The number of ether oxygens (including phenoxy) is 1. The van der Waals surface area contributed by atoms with Gasteiger partial charge in [0, 0.05) is 42.7 Å². The number of thiophene rings is 1. The topological polar surface area (TPSA) is 54.5 Å². The molecule has 0 spiro atoms.